The van der Waals surface area contributed by atoms with Crippen molar-refractivity contribution in [3.63, 3.8) is 0 Å². The van der Waals surface area contributed by atoms with Crippen LogP contribution < -0.4 is 0 Å². The Morgan fingerprint density at radius 3 is 2.68 bits per heavy atom. The van der Waals surface area contributed by atoms with Gasteiger partial charge >= 0.3 is 5.97 Å². The van der Waals surface area contributed by atoms with E-state index in [9.17, 15) is 9.90 Å². The van der Waals surface area contributed by atoms with Gasteiger partial charge in [0.15, 0.2) is 6.10 Å². The van der Waals surface area contributed by atoms with Crippen LogP contribution in [0.5, 0.6) is 0 Å². The maximum Gasteiger partial charge on any atom is 0.332 e. The van der Waals surface area contributed by atoms with Crippen LogP contribution in [0.2, 0.25) is 4.34 Å². The molecule has 0 radical (unpaired) electrons. The Morgan fingerprint density at radius 2 is 2.21 bits per heavy atom. The molecule has 106 valence electrons. The molecular formula is C13H18ClNO3S. The fraction of sp³-hybridized carbons (Fsp3) is 0.615. The number of halogens is 1. The van der Waals surface area contributed by atoms with E-state index in [2.05, 4.69) is 11.0 Å². The van der Waals surface area contributed by atoms with Crippen LogP contribution in [0.25, 0.3) is 0 Å². The summed E-state index contributed by atoms with van der Waals surface area (Å²) in [5, 5.41) is 18.3. The molecule has 2 rings (SSSR count). The summed E-state index contributed by atoms with van der Waals surface area (Å²) in [5.41, 5.74) is 1.11. The molecule has 0 amide bonds. The van der Waals surface area contributed by atoms with Crippen molar-refractivity contribution in [1.29, 1.82) is 0 Å². The standard InChI is InChI=1S/C13H18ClNO3S/c1-8-6-10(19-12(8)14)7-15-4-2-9(3-5-15)11(16)13(17)18/h6,9,11,16H,2-5,7H2,1H3,(H,17,18). The summed E-state index contributed by atoms with van der Waals surface area (Å²) in [6.45, 7) is 4.50. The molecule has 1 aromatic heterocycles. The van der Waals surface area contributed by atoms with E-state index < -0.39 is 12.1 Å². The number of likely N-dealkylation sites (tertiary alicyclic amines) is 1. The Morgan fingerprint density at radius 1 is 1.58 bits per heavy atom. The molecule has 0 spiro atoms. The van der Waals surface area contributed by atoms with E-state index in [0.717, 1.165) is 42.4 Å². The second kappa shape index (κ2) is 6.22. The fourth-order valence-electron chi connectivity index (χ4n) is 2.45. The van der Waals surface area contributed by atoms with Gasteiger partial charge in [0.2, 0.25) is 0 Å². The Bertz CT molecular complexity index is 435. The van der Waals surface area contributed by atoms with Gasteiger partial charge in [0.1, 0.15) is 0 Å². The van der Waals surface area contributed by atoms with E-state index in [-0.39, 0.29) is 5.92 Å². The molecule has 1 aromatic rings. The summed E-state index contributed by atoms with van der Waals surface area (Å²) in [6, 6.07) is 2.10. The largest absolute Gasteiger partial charge is 0.479 e. The van der Waals surface area contributed by atoms with Gasteiger partial charge in [0.25, 0.3) is 0 Å². The van der Waals surface area contributed by atoms with Crippen LogP contribution in [0.3, 0.4) is 0 Å². The number of nitrogens with zero attached hydrogens (tertiary/aromatic N) is 1. The van der Waals surface area contributed by atoms with Crippen LogP contribution in [0, 0.1) is 12.8 Å². The lowest BCUT2D eigenvalue weighted by molar-refractivity contribution is -0.150. The molecule has 0 aromatic carbocycles. The van der Waals surface area contributed by atoms with Crippen molar-refractivity contribution < 1.29 is 15.0 Å². The van der Waals surface area contributed by atoms with Gasteiger partial charge in [-0.3, -0.25) is 4.90 Å². The number of carboxylic acid groups (broad SMARTS) is 1. The number of aliphatic carboxylic acids is 1. The fourth-order valence-corrected chi connectivity index (χ4v) is 3.73. The van der Waals surface area contributed by atoms with Gasteiger partial charge in [0, 0.05) is 11.4 Å². The van der Waals surface area contributed by atoms with Crippen molar-refractivity contribution in [2.75, 3.05) is 13.1 Å². The summed E-state index contributed by atoms with van der Waals surface area (Å²) >= 11 is 7.65. The maximum absolute atomic E-state index is 10.7. The summed E-state index contributed by atoms with van der Waals surface area (Å²) in [5.74, 6) is -1.23. The SMILES string of the molecule is Cc1cc(CN2CCC(C(O)C(=O)O)CC2)sc1Cl. The molecule has 2 heterocycles. The van der Waals surface area contributed by atoms with Crippen LogP contribution in [-0.2, 0) is 11.3 Å². The Balaban J connectivity index is 1.85. The number of aryl methyl sites for hydroxylation is 1. The number of thiophene rings is 1. The number of rotatable bonds is 4. The van der Waals surface area contributed by atoms with Crippen molar-refractivity contribution in [3.05, 3.63) is 20.8 Å². The maximum atomic E-state index is 10.7. The van der Waals surface area contributed by atoms with E-state index >= 15 is 0 Å². The third kappa shape index (κ3) is 3.69. The van der Waals surface area contributed by atoms with Crippen molar-refractivity contribution in [2.24, 2.45) is 5.92 Å². The molecular weight excluding hydrogens is 286 g/mol. The van der Waals surface area contributed by atoms with Gasteiger partial charge in [-0.05, 0) is 50.4 Å². The highest BCUT2D eigenvalue weighted by molar-refractivity contribution is 7.16. The molecule has 1 aliphatic heterocycles. The minimum atomic E-state index is -1.22. The smallest absolute Gasteiger partial charge is 0.332 e. The monoisotopic (exact) mass is 303 g/mol. The summed E-state index contributed by atoms with van der Waals surface area (Å²) in [7, 11) is 0. The predicted molar refractivity (Wildman–Crippen MR) is 75.7 cm³/mol. The zero-order valence-corrected chi connectivity index (χ0v) is 12.4. The summed E-state index contributed by atoms with van der Waals surface area (Å²) in [6.07, 6.45) is 0.234. The third-order valence-electron chi connectivity index (χ3n) is 3.62. The van der Waals surface area contributed by atoms with E-state index in [1.807, 2.05) is 6.92 Å². The first-order valence-electron chi connectivity index (χ1n) is 6.35. The highest BCUT2D eigenvalue weighted by Gasteiger charge is 2.29. The summed E-state index contributed by atoms with van der Waals surface area (Å²) < 4.78 is 0.839. The van der Waals surface area contributed by atoms with Crippen molar-refractivity contribution in [3.8, 4) is 0 Å². The average Bonchev–Trinajstić information content (AvgIpc) is 2.68. The van der Waals surface area contributed by atoms with Crippen molar-refractivity contribution >= 4 is 28.9 Å². The van der Waals surface area contributed by atoms with Crippen LogP contribution in [0.1, 0.15) is 23.3 Å². The first-order valence-corrected chi connectivity index (χ1v) is 7.55. The predicted octanol–water partition coefficient (Wildman–Crippen LogP) is 2.37. The van der Waals surface area contributed by atoms with Crippen molar-refractivity contribution in [1.82, 2.24) is 4.90 Å². The second-order valence-electron chi connectivity index (χ2n) is 5.07. The first-order chi connectivity index (χ1) is 8.97. The molecule has 4 nitrogen and oxygen atoms in total. The molecule has 1 fully saturated rings. The minimum absolute atomic E-state index is 0.123. The first kappa shape index (κ1) is 14.8. The van der Waals surface area contributed by atoms with Crippen LogP contribution in [-0.4, -0.2) is 40.3 Å². The molecule has 0 bridgehead atoms. The second-order valence-corrected chi connectivity index (χ2v) is 6.80. The topological polar surface area (TPSA) is 60.8 Å². The zero-order valence-electron chi connectivity index (χ0n) is 10.8. The Kier molecular flexibility index (Phi) is 4.84. The Hall–Kier alpha value is -0.620. The van der Waals surface area contributed by atoms with Gasteiger partial charge in [-0.15, -0.1) is 11.3 Å². The van der Waals surface area contributed by atoms with Crippen molar-refractivity contribution in [2.45, 2.75) is 32.4 Å². The average molecular weight is 304 g/mol. The van der Waals surface area contributed by atoms with Gasteiger partial charge in [-0.1, -0.05) is 11.6 Å². The van der Waals surface area contributed by atoms with Crippen LogP contribution >= 0.6 is 22.9 Å². The van der Waals surface area contributed by atoms with E-state index in [1.165, 1.54) is 4.88 Å². The number of carbonyl (C=O) groups is 1. The number of hydrogen-bond donors (Lipinski definition) is 2. The lowest BCUT2D eigenvalue weighted by Crippen LogP contribution is -2.40. The zero-order chi connectivity index (χ0) is 14.0. The molecule has 2 N–H and O–H groups in total. The highest BCUT2D eigenvalue weighted by atomic mass is 35.5. The molecule has 1 aliphatic rings. The van der Waals surface area contributed by atoms with Gasteiger partial charge in [-0.2, -0.15) is 0 Å². The minimum Gasteiger partial charge on any atom is -0.479 e. The lowest BCUT2D eigenvalue weighted by Gasteiger charge is -2.32. The van der Waals surface area contributed by atoms with Crippen LogP contribution in [0.4, 0.5) is 0 Å². The van der Waals surface area contributed by atoms with Gasteiger partial charge in [0.05, 0.1) is 4.34 Å². The number of piperidine rings is 1. The molecule has 6 heteroatoms. The number of aliphatic hydroxyl groups is 1. The number of aliphatic hydroxyl groups excluding tert-OH is 1. The number of carboxylic acids is 1. The van der Waals surface area contributed by atoms with Crippen LogP contribution in [0.15, 0.2) is 6.07 Å². The van der Waals surface area contributed by atoms with Gasteiger partial charge < -0.3 is 10.2 Å². The lowest BCUT2D eigenvalue weighted by atomic mass is 9.91. The summed E-state index contributed by atoms with van der Waals surface area (Å²) in [4.78, 5) is 14.3. The molecule has 1 saturated heterocycles. The molecule has 1 unspecified atom stereocenters. The third-order valence-corrected chi connectivity index (χ3v) is 5.16. The van der Waals surface area contributed by atoms with E-state index in [1.54, 1.807) is 11.3 Å². The molecule has 0 aliphatic carbocycles. The van der Waals surface area contributed by atoms with E-state index in [4.69, 9.17) is 16.7 Å². The van der Waals surface area contributed by atoms with Gasteiger partial charge in [-0.25, -0.2) is 4.79 Å². The molecule has 0 saturated carbocycles. The number of hydrogen-bond acceptors (Lipinski definition) is 4. The quantitative estimate of drug-likeness (QED) is 0.896. The normalized spacial score (nSPS) is 19.5. The highest BCUT2D eigenvalue weighted by Crippen LogP contribution is 2.29. The molecule has 19 heavy (non-hydrogen) atoms. The molecule has 1 atom stereocenters. The van der Waals surface area contributed by atoms with E-state index in [0.29, 0.717) is 0 Å². The Labute approximate surface area is 121 Å².